The Kier molecular flexibility index (Phi) is 11.8. The van der Waals surface area contributed by atoms with Crippen molar-refractivity contribution in [2.75, 3.05) is 9.80 Å². The molecule has 0 spiro atoms. The molecule has 2 aliphatic rings. The molecule has 0 radical (unpaired) electrons. The average molecular weight is 1310 g/mol. The zero-order valence-electron chi connectivity index (χ0n) is 55.7. The van der Waals surface area contributed by atoms with Gasteiger partial charge in [0, 0.05) is 51.1 Å². The van der Waals surface area contributed by atoms with Gasteiger partial charge in [0.15, 0.2) is 0 Å². The Morgan fingerprint density at radius 3 is 0.602 bits per heavy atom. The first-order valence-electron chi connectivity index (χ1n) is 35.6. The molecule has 0 fully saturated rings. The van der Waals surface area contributed by atoms with E-state index in [0.717, 1.165) is 95.1 Å². The molecule has 0 atom stereocenters. The van der Waals surface area contributed by atoms with Crippen molar-refractivity contribution < 1.29 is 9.47 Å². The summed E-state index contributed by atoms with van der Waals surface area (Å²) in [6.45, 7) is -0.292. The monoisotopic (exact) mass is 1300 g/mol. The van der Waals surface area contributed by atoms with Crippen LogP contribution >= 0.6 is 0 Å². The first-order chi connectivity index (χ1) is 51.1. The van der Waals surface area contributed by atoms with Gasteiger partial charge in [0.1, 0.15) is 23.0 Å². The van der Waals surface area contributed by atoms with E-state index in [2.05, 4.69) is 356 Å². The number of benzene rings is 21. The molecule has 23 rings (SSSR count). The van der Waals surface area contributed by atoms with E-state index in [9.17, 15) is 0 Å². The SMILES string of the molecule is c1cc2c3c(c1)Oc1cc(N(c4ccc5c6ccccc6c6ccccc6c5c4)c4ccc5c6ccccc6c6ccccc6c5c4)c4ccccc4c1B3c1c(cc(N(c3ccc4c5ccccc5c5ccccc5c4c3)c3ccc4c5ccccc5c5ccccc5c4c3)c3ccccc13)O2. The van der Waals surface area contributed by atoms with Crippen LogP contribution in [0.3, 0.4) is 0 Å². The van der Waals surface area contributed by atoms with Gasteiger partial charge < -0.3 is 19.3 Å². The summed E-state index contributed by atoms with van der Waals surface area (Å²) in [5.41, 5.74) is 9.43. The fourth-order valence-corrected chi connectivity index (χ4v) is 18.5. The Hall–Kier alpha value is -13.5. The zero-order valence-corrected chi connectivity index (χ0v) is 55.7. The van der Waals surface area contributed by atoms with Gasteiger partial charge in [0.2, 0.25) is 0 Å². The summed E-state index contributed by atoms with van der Waals surface area (Å²) in [4.78, 5) is 4.99. The number of hydrogen-bond donors (Lipinski definition) is 0. The molecule has 21 aromatic rings. The second-order valence-electron chi connectivity index (χ2n) is 28.0. The van der Waals surface area contributed by atoms with Gasteiger partial charge in [-0.2, -0.15) is 0 Å². The second kappa shape index (κ2) is 21.5. The van der Waals surface area contributed by atoms with Crippen LogP contribution in [0, 0.1) is 0 Å². The van der Waals surface area contributed by atoms with E-state index < -0.39 is 0 Å². The first-order valence-corrected chi connectivity index (χ1v) is 35.6. The van der Waals surface area contributed by atoms with Crippen molar-refractivity contribution in [1.29, 1.82) is 0 Å². The third kappa shape index (κ3) is 8.07. The van der Waals surface area contributed by atoms with E-state index in [-0.39, 0.29) is 6.71 Å². The Labute approximate surface area is 592 Å². The van der Waals surface area contributed by atoms with Gasteiger partial charge in [-0.25, -0.2) is 0 Å². The van der Waals surface area contributed by atoms with Gasteiger partial charge in [0.25, 0.3) is 6.71 Å². The third-order valence-corrected chi connectivity index (χ3v) is 22.8. The molecule has 0 aliphatic carbocycles. The number of hydrogen-bond acceptors (Lipinski definition) is 4. The minimum Gasteiger partial charge on any atom is -0.458 e. The molecule has 5 heteroatoms. The van der Waals surface area contributed by atoms with E-state index in [1.807, 2.05) is 0 Å². The van der Waals surface area contributed by atoms with Crippen LogP contribution in [0.25, 0.3) is 151 Å². The summed E-state index contributed by atoms with van der Waals surface area (Å²) in [5.74, 6) is 3.17. The summed E-state index contributed by atoms with van der Waals surface area (Å²) >= 11 is 0. The largest absolute Gasteiger partial charge is 0.458 e. The number of ether oxygens (including phenoxy) is 2. The van der Waals surface area contributed by atoms with Gasteiger partial charge in [-0.05, 0) is 212 Å². The van der Waals surface area contributed by atoms with Crippen molar-refractivity contribution in [1.82, 2.24) is 0 Å². The molecule has 21 aromatic carbocycles. The number of anilines is 6. The highest BCUT2D eigenvalue weighted by Gasteiger charge is 2.44. The van der Waals surface area contributed by atoms with Crippen molar-refractivity contribution in [3.63, 3.8) is 0 Å². The number of fused-ring (bicyclic) bond motifs is 32. The molecule has 474 valence electrons. The minimum absolute atomic E-state index is 0.292. The summed E-state index contributed by atoms with van der Waals surface area (Å²) in [5, 5.41) is 33.9. The Bertz CT molecular complexity index is 6470. The molecule has 0 unspecified atom stereocenters. The van der Waals surface area contributed by atoms with Gasteiger partial charge >= 0.3 is 0 Å². The van der Waals surface area contributed by atoms with Crippen molar-refractivity contribution in [2.45, 2.75) is 0 Å². The Balaban J connectivity index is 0.773. The van der Waals surface area contributed by atoms with Crippen LogP contribution in [0.15, 0.2) is 346 Å². The highest BCUT2D eigenvalue weighted by atomic mass is 16.5. The molecule has 0 amide bonds. The van der Waals surface area contributed by atoms with Crippen LogP contribution in [0.5, 0.6) is 23.0 Å². The van der Waals surface area contributed by atoms with Crippen LogP contribution in [0.4, 0.5) is 34.1 Å². The highest BCUT2D eigenvalue weighted by molar-refractivity contribution is 7.01. The molecule has 0 saturated carbocycles. The van der Waals surface area contributed by atoms with Gasteiger partial charge in [-0.3, -0.25) is 0 Å². The number of nitrogens with zero attached hydrogens (tertiary/aromatic N) is 2. The van der Waals surface area contributed by atoms with Gasteiger partial charge in [-0.1, -0.05) is 273 Å². The van der Waals surface area contributed by atoms with Gasteiger partial charge in [0.05, 0.1) is 11.4 Å². The lowest BCUT2D eigenvalue weighted by atomic mass is 9.33. The normalized spacial score (nSPS) is 12.6. The molecular weight excluding hydrogens is 1250 g/mol. The predicted octanol–water partition coefficient (Wildman–Crippen LogP) is 25.5. The summed E-state index contributed by atoms with van der Waals surface area (Å²) in [6, 6.07) is 128. The highest BCUT2D eigenvalue weighted by Crippen LogP contribution is 2.51. The van der Waals surface area contributed by atoms with Crippen molar-refractivity contribution in [2.24, 2.45) is 0 Å². The minimum atomic E-state index is -0.292. The lowest BCUT2D eigenvalue weighted by Gasteiger charge is -2.37. The molecular formula is C98H57BN2O2. The van der Waals surface area contributed by atoms with Crippen molar-refractivity contribution >= 4 is 208 Å². The van der Waals surface area contributed by atoms with Crippen LogP contribution in [0.2, 0.25) is 0 Å². The standard InChI is InChI=1S/C98H57BN2O2/c1-5-30-70-62(22-1)66-26-9-13-34-74(66)86-52-58(44-48-78(70)86)100(59-45-49-79-71-31-6-2-23-63(71)67-27-10-14-35-75(67)87(79)53-59)90-56-94-96(84-40-19-17-38-82(84)90)99-97-85-41-20-18-39-83(85)91(57-95(97)103-93-43-21-42-92(102-94)98(93)99)101(60-46-50-80-72-32-7-3-24-64(72)68-28-11-15-36-76(68)88(80)54-60)61-47-51-81-73-33-8-4-25-65(73)69-29-12-16-37-77(69)89(81)55-61/h1-57H. The van der Waals surface area contributed by atoms with E-state index in [1.165, 1.54) is 129 Å². The molecule has 2 aliphatic heterocycles. The Morgan fingerprint density at radius 1 is 0.155 bits per heavy atom. The molecule has 0 saturated heterocycles. The lowest BCUT2D eigenvalue weighted by molar-refractivity contribution is 0.465. The maximum absolute atomic E-state index is 7.52. The summed E-state index contributed by atoms with van der Waals surface area (Å²) in [6.07, 6.45) is 0. The maximum atomic E-state index is 7.52. The molecule has 0 N–H and O–H groups in total. The molecule has 4 nitrogen and oxygen atoms in total. The maximum Gasteiger partial charge on any atom is 0.262 e. The zero-order chi connectivity index (χ0) is 67.1. The first kappa shape index (κ1) is 56.4. The third-order valence-electron chi connectivity index (χ3n) is 22.8. The predicted molar refractivity (Wildman–Crippen MR) is 439 cm³/mol. The van der Waals surface area contributed by atoms with Crippen LogP contribution < -0.4 is 35.7 Å². The van der Waals surface area contributed by atoms with Crippen molar-refractivity contribution in [3.05, 3.63) is 346 Å². The summed E-state index contributed by atoms with van der Waals surface area (Å²) < 4.78 is 15.0. The Morgan fingerprint density at radius 2 is 0.359 bits per heavy atom. The van der Waals surface area contributed by atoms with E-state index in [0.29, 0.717) is 0 Å². The van der Waals surface area contributed by atoms with E-state index in [4.69, 9.17) is 9.47 Å². The summed E-state index contributed by atoms with van der Waals surface area (Å²) in [7, 11) is 0. The molecule has 0 aromatic heterocycles. The molecule has 103 heavy (non-hydrogen) atoms. The lowest BCUT2D eigenvalue weighted by Crippen LogP contribution is -2.58. The van der Waals surface area contributed by atoms with E-state index >= 15 is 0 Å². The second-order valence-corrected chi connectivity index (χ2v) is 28.0. The van der Waals surface area contributed by atoms with Crippen LogP contribution in [-0.2, 0) is 0 Å². The van der Waals surface area contributed by atoms with Crippen LogP contribution in [-0.4, -0.2) is 6.71 Å². The van der Waals surface area contributed by atoms with Crippen LogP contribution in [0.1, 0.15) is 0 Å². The fraction of sp³-hybridized carbons (Fsp3) is 0. The molecule has 0 bridgehead atoms. The van der Waals surface area contributed by atoms with Gasteiger partial charge in [-0.15, -0.1) is 0 Å². The fourth-order valence-electron chi connectivity index (χ4n) is 18.5. The number of rotatable bonds is 6. The topological polar surface area (TPSA) is 24.9 Å². The average Bonchev–Trinajstić information content (AvgIpc) is 0.702. The van der Waals surface area contributed by atoms with Crippen molar-refractivity contribution in [3.8, 4) is 23.0 Å². The smallest absolute Gasteiger partial charge is 0.262 e. The van der Waals surface area contributed by atoms with E-state index in [1.54, 1.807) is 0 Å². The molecule has 2 heterocycles. The quantitative estimate of drug-likeness (QED) is 0.122.